The van der Waals surface area contributed by atoms with E-state index >= 15 is 0 Å². The van der Waals surface area contributed by atoms with Crippen LogP contribution in [-0.2, 0) is 14.3 Å². The van der Waals surface area contributed by atoms with Gasteiger partial charge in [-0.1, -0.05) is 6.07 Å². The van der Waals surface area contributed by atoms with E-state index in [-0.39, 0.29) is 35.3 Å². The minimum atomic E-state index is -0.913. The minimum absolute atomic E-state index is 0.0785. The number of Topliss-reactive ketones (excluding diaryl/α,β-unsaturated/α-hetero) is 1. The Morgan fingerprint density at radius 1 is 1.22 bits per heavy atom. The first-order valence-corrected chi connectivity index (χ1v) is 10.5. The summed E-state index contributed by atoms with van der Waals surface area (Å²) in [5, 5.41) is 21.1. The standard InChI is InChI=1S/C24H24FNO6/c1-2-31-19-12-15(7-10-18(19)27)21-20(22(28)14-5-8-16(25)9-6-14)23(29)24(30)26(21)13-17-4-3-11-32-17/h5-10,12,17,21,27-28H,2-4,11,13H2,1H3/t17-,21-/m0/s1. The Kier molecular flexibility index (Phi) is 6.14. The van der Waals surface area contributed by atoms with Crippen molar-refractivity contribution in [3.05, 3.63) is 65.0 Å². The molecule has 4 rings (SSSR count). The molecule has 0 aliphatic carbocycles. The zero-order chi connectivity index (χ0) is 22.8. The largest absolute Gasteiger partial charge is 0.507 e. The lowest BCUT2D eigenvalue weighted by Gasteiger charge is -2.27. The summed E-state index contributed by atoms with van der Waals surface area (Å²) in [6.45, 7) is 2.84. The molecule has 0 saturated carbocycles. The molecule has 2 fully saturated rings. The van der Waals surface area contributed by atoms with Crippen molar-refractivity contribution < 1.29 is 33.7 Å². The number of carbonyl (C=O) groups is 2. The molecule has 2 N–H and O–H groups in total. The molecule has 0 unspecified atom stereocenters. The first kappa shape index (κ1) is 21.8. The van der Waals surface area contributed by atoms with E-state index in [1.54, 1.807) is 19.1 Å². The number of aromatic hydroxyl groups is 1. The molecular weight excluding hydrogens is 417 g/mol. The fourth-order valence-electron chi connectivity index (χ4n) is 4.16. The Morgan fingerprint density at radius 3 is 2.62 bits per heavy atom. The van der Waals surface area contributed by atoms with E-state index in [1.165, 1.54) is 35.2 Å². The Labute approximate surface area is 184 Å². The number of hydrogen-bond donors (Lipinski definition) is 2. The molecule has 0 radical (unpaired) electrons. The highest BCUT2D eigenvalue weighted by molar-refractivity contribution is 6.46. The number of nitrogens with zero attached hydrogens (tertiary/aromatic N) is 1. The van der Waals surface area contributed by atoms with Crippen molar-refractivity contribution in [2.24, 2.45) is 0 Å². The van der Waals surface area contributed by atoms with Gasteiger partial charge in [-0.15, -0.1) is 0 Å². The molecule has 2 heterocycles. The van der Waals surface area contributed by atoms with Gasteiger partial charge in [-0.25, -0.2) is 4.39 Å². The number of phenols is 1. The van der Waals surface area contributed by atoms with Crippen molar-refractivity contribution in [3.63, 3.8) is 0 Å². The number of phenolic OH excluding ortho intramolecular Hbond substituents is 1. The molecule has 2 aromatic carbocycles. The zero-order valence-electron chi connectivity index (χ0n) is 17.6. The molecule has 8 heteroatoms. The fraction of sp³-hybridized carbons (Fsp3) is 0.333. The highest BCUT2D eigenvalue weighted by Crippen LogP contribution is 2.42. The van der Waals surface area contributed by atoms with Gasteiger partial charge in [0.05, 0.1) is 24.3 Å². The first-order chi connectivity index (χ1) is 15.4. The third-order valence-electron chi connectivity index (χ3n) is 5.68. The maximum Gasteiger partial charge on any atom is 0.295 e. The maximum atomic E-state index is 13.4. The SMILES string of the molecule is CCOc1cc([C@H]2C(=C(O)c3ccc(F)cc3)C(=O)C(=O)N2C[C@@H]2CCCO2)ccc1O. The molecule has 2 aliphatic heterocycles. The van der Waals surface area contributed by atoms with Crippen LogP contribution in [0, 0.1) is 5.82 Å². The summed E-state index contributed by atoms with van der Waals surface area (Å²) >= 11 is 0. The molecule has 2 atom stereocenters. The number of hydrogen-bond acceptors (Lipinski definition) is 6. The number of benzene rings is 2. The summed E-state index contributed by atoms with van der Waals surface area (Å²) < 4.78 is 24.5. The first-order valence-electron chi connectivity index (χ1n) is 10.5. The van der Waals surface area contributed by atoms with Crippen LogP contribution < -0.4 is 4.74 Å². The van der Waals surface area contributed by atoms with E-state index in [1.807, 2.05) is 0 Å². The minimum Gasteiger partial charge on any atom is -0.507 e. The number of ether oxygens (including phenoxy) is 2. The monoisotopic (exact) mass is 441 g/mol. The van der Waals surface area contributed by atoms with Gasteiger partial charge in [-0.3, -0.25) is 9.59 Å². The van der Waals surface area contributed by atoms with Crippen molar-refractivity contribution in [2.45, 2.75) is 31.9 Å². The smallest absolute Gasteiger partial charge is 0.295 e. The lowest BCUT2D eigenvalue weighted by atomic mass is 9.95. The predicted molar refractivity (Wildman–Crippen MR) is 114 cm³/mol. The van der Waals surface area contributed by atoms with Crippen LogP contribution in [0.1, 0.15) is 36.9 Å². The summed E-state index contributed by atoms with van der Waals surface area (Å²) in [6.07, 6.45) is 1.40. The van der Waals surface area contributed by atoms with E-state index in [9.17, 15) is 24.2 Å². The molecule has 168 valence electrons. The van der Waals surface area contributed by atoms with E-state index in [0.717, 1.165) is 12.8 Å². The number of carbonyl (C=O) groups excluding carboxylic acids is 2. The molecule has 0 spiro atoms. The summed E-state index contributed by atoms with van der Waals surface area (Å²) in [4.78, 5) is 27.4. The van der Waals surface area contributed by atoms with Crippen molar-refractivity contribution in [1.29, 1.82) is 0 Å². The van der Waals surface area contributed by atoms with Gasteiger partial charge in [0.2, 0.25) is 0 Å². The summed E-state index contributed by atoms with van der Waals surface area (Å²) in [5.74, 6) is -2.34. The molecule has 32 heavy (non-hydrogen) atoms. The number of ketones is 1. The van der Waals surface area contributed by atoms with Gasteiger partial charge < -0.3 is 24.6 Å². The van der Waals surface area contributed by atoms with E-state index < -0.39 is 29.3 Å². The van der Waals surface area contributed by atoms with Crippen molar-refractivity contribution in [3.8, 4) is 11.5 Å². The molecule has 2 aliphatic rings. The highest BCUT2D eigenvalue weighted by Gasteiger charge is 2.47. The Morgan fingerprint density at radius 2 is 1.97 bits per heavy atom. The second-order valence-corrected chi connectivity index (χ2v) is 7.75. The molecule has 0 aromatic heterocycles. The summed E-state index contributed by atoms with van der Waals surface area (Å²) in [6, 6.07) is 8.66. The normalized spacial score (nSPS) is 22.5. The lowest BCUT2D eigenvalue weighted by molar-refractivity contribution is -0.140. The molecule has 0 bridgehead atoms. The van der Waals surface area contributed by atoms with Crippen LogP contribution in [0.15, 0.2) is 48.0 Å². The third kappa shape index (κ3) is 4.05. The number of amides is 1. The van der Waals surface area contributed by atoms with Crippen LogP contribution in [-0.4, -0.2) is 52.7 Å². The second kappa shape index (κ2) is 9.00. The van der Waals surface area contributed by atoms with Crippen LogP contribution in [0.4, 0.5) is 4.39 Å². The van der Waals surface area contributed by atoms with Gasteiger partial charge in [0.15, 0.2) is 11.5 Å². The molecule has 2 saturated heterocycles. The summed E-state index contributed by atoms with van der Waals surface area (Å²) in [7, 11) is 0. The average molecular weight is 441 g/mol. The molecule has 2 aromatic rings. The molecule has 1 amide bonds. The quantitative estimate of drug-likeness (QED) is 0.405. The fourth-order valence-corrected chi connectivity index (χ4v) is 4.16. The third-order valence-corrected chi connectivity index (χ3v) is 5.68. The average Bonchev–Trinajstić information content (AvgIpc) is 3.38. The van der Waals surface area contributed by atoms with Gasteiger partial charge in [0.1, 0.15) is 11.6 Å². The lowest BCUT2D eigenvalue weighted by Crippen LogP contribution is -2.36. The predicted octanol–water partition coefficient (Wildman–Crippen LogP) is 3.53. The van der Waals surface area contributed by atoms with E-state index in [4.69, 9.17) is 9.47 Å². The van der Waals surface area contributed by atoms with E-state index in [2.05, 4.69) is 0 Å². The van der Waals surface area contributed by atoms with Crippen molar-refractivity contribution in [2.75, 3.05) is 19.8 Å². The van der Waals surface area contributed by atoms with Gasteiger partial charge in [-0.05, 0) is 61.7 Å². The van der Waals surface area contributed by atoms with Gasteiger partial charge >= 0.3 is 0 Å². The highest BCUT2D eigenvalue weighted by atomic mass is 19.1. The van der Waals surface area contributed by atoms with Gasteiger partial charge in [0.25, 0.3) is 11.7 Å². The second-order valence-electron chi connectivity index (χ2n) is 7.75. The number of aliphatic hydroxyl groups excluding tert-OH is 1. The number of aliphatic hydroxyl groups is 1. The van der Waals surface area contributed by atoms with Crippen LogP contribution in [0.3, 0.4) is 0 Å². The maximum absolute atomic E-state index is 13.4. The topological polar surface area (TPSA) is 96.3 Å². The van der Waals surface area contributed by atoms with Gasteiger partial charge in [0, 0.05) is 18.7 Å². The summed E-state index contributed by atoms with van der Waals surface area (Å²) in [5.41, 5.74) is 0.607. The number of likely N-dealkylation sites (tertiary alicyclic amines) is 1. The van der Waals surface area contributed by atoms with Gasteiger partial charge in [-0.2, -0.15) is 0 Å². The van der Waals surface area contributed by atoms with Crippen molar-refractivity contribution >= 4 is 17.4 Å². The Hall–Kier alpha value is -3.39. The molecular formula is C24H24FNO6. The Bertz CT molecular complexity index is 1060. The van der Waals surface area contributed by atoms with Crippen LogP contribution in [0.5, 0.6) is 11.5 Å². The van der Waals surface area contributed by atoms with E-state index in [0.29, 0.717) is 18.8 Å². The van der Waals surface area contributed by atoms with Crippen molar-refractivity contribution in [1.82, 2.24) is 4.90 Å². The number of halogens is 1. The number of rotatable bonds is 6. The zero-order valence-corrected chi connectivity index (χ0v) is 17.6. The Balaban J connectivity index is 1.84. The van der Waals surface area contributed by atoms with Crippen LogP contribution in [0.25, 0.3) is 5.76 Å². The molecule has 7 nitrogen and oxygen atoms in total. The van der Waals surface area contributed by atoms with Crippen LogP contribution >= 0.6 is 0 Å². The van der Waals surface area contributed by atoms with Crippen LogP contribution in [0.2, 0.25) is 0 Å².